The second kappa shape index (κ2) is 5.32. The molecule has 0 atom stereocenters. The third kappa shape index (κ3) is 3.07. The van der Waals surface area contributed by atoms with Crippen molar-refractivity contribution in [3.8, 4) is 0 Å². The maximum atomic E-state index is 4.32. The number of nitrogens with one attached hydrogen (secondary N) is 1. The van der Waals surface area contributed by atoms with Crippen LogP contribution < -0.4 is 5.32 Å². The minimum Gasteiger partial charge on any atom is -0.340 e. The van der Waals surface area contributed by atoms with E-state index in [2.05, 4.69) is 64.3 Å². The Labute approximate surface area is 110 Å². The van der Waals surface area contributed by atoms with Gasteiger partial charge >= 0.3 is 0 Å². The van der Waals surface area contributed by atoms with E-state index in [0.717, 1.165) is 22.4 Å². The molecule has 1 aromatic heterocycles. The molecule has 2 aromatic rings. The SMILES string of the molecule is CCc1ccc(Nc2cc(C)c(Br)cn2)cc1. The summed E-state index contributed by atoms with van der Waals surface area (Å²) >= 11 is 3.44. The Morgan fingerprint density at radius 3 is 2.53 bits per heavy atom. The van der Waals surface area contributed by atoms with E-state index in [1.165, 1.54) is 11.1 Å². The van der Waals surface area contributed by atoms with Crippen molar-refractivity contribution in [1.29, 1.82) is 0 Å². The van der Waals surface area contributed by atoms with Gasteiger partial charge in [0.15, 0.2) is 0 Å². The van der Waals surface area contributed by atoms with Crippen LogP contribution in [0.2, 0.25) is 0 Å². The molecule has 0 radical (unpaired) electrons. The molecular formula is C14H15BrN2. The minimum atomic E-state index is 0.870. The normalized spacial score (nSPS) is 10.3. The van der Waals surface area contributed by atoms with Crippen LogP contribution >= 0.6 is 15.9 Å². The van der Waals surface area contributed by atoms with Crippen LogP contribution in [0.25, 0.3) is 0 Å². The number of aromatic nitrogens is 1. The molecule has 0 bridgehead atoms. The summed E-state index contributed by atoms with van der Waals surface area (Å²) in [5, 5.41) is 3.29. The molecule has 2 rings (SSSR count). The van der Waals surface area contributed by atoms with E-state index in [-0.39, 0.29) is 0 Å². The van der Waals surface area contributed by atoms with E-state index in [1.54, 1.807) is 0 Å². The molecule has 2 nitrogen and oxygen atoms in total. The molecule has 3 heteroatoms. The second-order valence-electron chi connectivity index (χ2n) is 3.99. The number of hydrogen-bond donors (Lipinski definition) is 1. The fourth-order valence-corrected chi connectivity index (χ4v) is 1.80. The number of anilines is 2. The van der Waals surface area contributed by atoms with Gasteiger partial charge in [-0.1, -0.05) is 19.1 Å². The highest BCUT2D eigenvalue weighted by atomic mass is 79.9. The summed E-state index contributed by atoms with van der Waals surface area (Å²) in [6.45, 7) is 4.21. The van der Waals surface area contributed by atoms with Crippen molar-refractivity contribution in [2.75, 3.05) is 5.32 Å². The monoisotopic (exact) mass is 290 g/mol. The average Bonchev–Trinajstić information content (AvgIpc) is 2.35. The number of hydrogen-bond acceptors (Lipinski definition) is 2. The zero-order chi connectivity index (χ0) is 12.3. The molecule has 0 unspecified atom stereocenters. The Morgan fingerprint density at radius 1 is 1.24 bits per heavy atom. The first-order valence-corrected chi connectivity index (χ1v) is 6.46. The Hall–Kier alpha value is -1.35. The van der Waals surface area contributed by atoms with E-state index < -0.39 is 0 Å². The highest BCUT2D eigenvalue weighted by Gasteiger charge is 1.99. The van der Waals surface area contributed by atoms with Gasteiger partial charge in [0, 0.05) is 16.4 Å². The Balaban J connectivity index is 2.16. The summed E-state index contributed by atoms with van der Waals surface area (Å²) < 4.78 is 1.03. The van der Waals surface area contributed by atoms with Crippen LogP contribution in [-0.4, -0.2) is 4.98 Å². The average molecular weight is 291 g/mol. The molecule has 0 aliphatic rings. The third-order valence-corrected chi connectivity index (χ3v) is 3.51. The van der Waals surface area contributed by atoms with Crippen molar-refractivity contribution in [3.05, 3.63) is 52.1 Å². The molecule has 1 N–H and O–H groups in total. The first-order valence-electron chi connectivity index (χ1n) is 5.67. The van der Waals surface area contributed by atoms with Crippen molar-refractivity contribution >= 4 is 27.4 Å². The van der Waals surface area contributed by atoms with Crippen LogP contribution in [0, 0.1) is 6.92 Å². The largest absolute Gasteiger partial charge is 0.340 e. The first kappa shape index (κ1) is 12.1. The van der Waals surface area contributed by atoms with Gasteiger partial charge in [0.1, 0.15) is 5.82 Å². The number of pyridine rings is 1. The summed E-state index contributed by atoms with van der Waals surface area (Å²) in [6.07, 6.45) is 2.88. The van der Waals surface area contributed by atoms with Crippen molar-refractivity contribution in [3.63, 3.8) is 0 Å². The van der Waals surface area contributed by atoms with Gasteiger partial charge in [-0.2, -0.15) is 0 Å². The first-order chi connectivity index (χ1) is 8.19. The highest BCUT2D eigenvalue weighted by Crippen LogP contribution is 2.20. The highest BCUT2D eigenvalue weighted by molar-refractivity contribution is 9.10. The molecule has 0 aliphatic heterocycles. The number of benzene rings is 1. The summed E-state index contributed by atoms with van der Waals surface area (Å²) in [4.78, 5) is 4.32. The van der Waals surface area contributed by atoms with Crippen molar-refractivity contribution in [2.24, 2.45) is 0 Å². The zero-order valence-electron chi connectivity index (χ0n) is 10.00. The van der Waals surface area contributed by atoms with Crippen molar-refractivity contribution < 1.29 is 0 Å². The van der Waals surface area contributed by atoms with Gasteiger partial charge in [0.25, 0.3) is 0 Å². The summed E-state index contributed by atoms with van der Waals surface area (Å²) in [5.74, 6) is 0.870. The lowest BCUT2D eigenvalue weighted by Crippen LogP contribution is -1.94. The lowest BCUT2D eigenvalue weighted by atomic mass is 10.1. The van der Waals surface area contributed by atoms with Crippen LogP contribution in [0.3, 0.4) is 0 Å². The van der Waals surface area contributed by atoms with Crippen molar-refractivity contribution in [2.45, 2.75) is 20.3 Å². The van der Waals surface area contributed by atoms with Crippen LogP contribution in [0.1, 0.15) is 18.1 Å². The van der Waals surface area contributed by atoms with E-state index in [9.17, 15) is 0 Å². The fraction of sp³-hybridized carbons (Fsp3) is 0.214. The smallest absolute Gasteiger partial charge is 0.130 e. The molecular weight excluding hydrogens is 276 g/mol. The van der Waals surface area contributed by atoms with Crippen LogP contribution in [0.4, 0.5) is 11.5 Å². The number of halogens is 1. The number of rotatable bonds is 3. The predicted octanol–water partition coefficient (Wildman–Crippen LogP) is 4.46. The topological polar surface area (TPSA) is 24.9 Å². The second-order valence-corrected chi connectivity index (χ2v) is 4.85. The van der Waals surface area contributed by atoms with Gasteiger partial charge in [-0.05, 0) is 58.6 Å². The standard InChI is InChI=1S/C14H15BrN2/c1-3-11-4-6-12(7-5-11)17-14-8-10(2)13(15)9-16-14/h4-9H,3H2,1-2H3,(H,16,17). The maximum Gasteiger partial charge on any atom is 0.130 e. The molecule has 0 saturated heterocycles. The summed E-state index contributed by atoms with van der Waals surface area (Å²) in [5.41, 5.74) is 3.58. The zero-order valence-corrected chi connectivity index (χ0v) is 11.6. The van der Waals surface area contributed by atoms with Crippen LogP contribution in [-0.2, 0) is 6.42 Å². The predicted molar refractivity (Wildman–Crippen MR) is 75.8 cm³/mol. The van der Waals surface area contributed by atoms with Gasteiger partial charge in [0.2, 0.25) is 0 Å². The Kier molecular flexibility index (Phi) is 3.79. The lowest BCUT2D eigenvalue weighted by Gasteiger charge is -2.07. The van der Waals surface area contributed by atoms with Gasteiger partial charge < -0.3 is 5.32 Å². The third-order valence-electron chi connectivity index (χ3n) is 2.68. The molecule has 17 heavy (non-hydrogen) atoms. The number of aryl methyl sites for hydroxylation is 2. The molecule has 0 fully saturated rings. The van der Waals surface area contributed by atoms with Crippen molar-refractivity contribution in [1.82, 2.24) is 4.98 Å². The minimum absolute atomic E-state index is 0.870. The molecule has 0 spiro atoms. The molecule has 0 amide bonds. The Morgan fingerprint density at radius 2 is 1.94 bits per heavy atom. The summed E-state index contributed by atoms with van der Waals surface area (Å²) in [6, 6.07) is 10.5. The fourth-order valence-electron chi connectivity index (χ4n) is 1.58. The van der Waals surface area contributed by atoms with Crippen LogP contribution in [0.15, 0.2) is 41.0 Å². The van der Waals surface area contributed by atoms with E-state index >= 15 is 0 Å². The molecule has 0 aliphatic carbocycles. The van der Waals surface area contributed by atoms with Crippen LogP contribution in [0.5, 0.6) is 0 Å². The Bertz CT molecular complexity index is 506. The lowest BCUT2D eigenvalue weighted by molar-refractivity contribution is 1.14. The number of nitrogens with zero attached hydrogens (tertiary/aromatic N) is 1. The van der Waals surface area contributed by atoms with Gasteiger partial charge in [-0.15, -0.1) is 0 Å². The quantitative estimate of drug-likeness (QED) is 0.903. The molecule has 0 saturated carbocycles. The molecule has 1 aromatic carbocycles. The van der Waals surface area contributed by atoms with E-state index in [4.69, 9.17) is 0 Å². The van der Waals surface area contributed by atoms with Gasteiger partial charge in [0.05, 0.1) is 0 Å². The maximum absolute atomic E-state index is 4.32. The van der Waals surface area contributed by atoms with E-state index in [0.29, 0.717) is 0 Å². The molecule has 1 heterocycles. The van der Waals surface area contributed by atoms with Gasteiger partial charge in [-0.25, -0.2) is 4.98 Å². The van der Waals surface area contributed by atoms with E-state index in [1.807, 2.05) is 12.3 Å². The van der Waals surface area contributed by atoms with Gasteiger partial charge in [-0.3, -0.25) is 0 Å². The summed E-state index contributed by atoms with van der Waals surface area (Å²) in [7, 11) is 0. The molecule has 88 valence electrons.